The maximum absolute atomic E-state index is 2.70. The summed E-state index contributed by atoms with van der Waals surface area (Å²) >= 11 is 0. The molecule has 2 saturated carbocycles. The van der Waals surface area contributed by atoms with Gasteiger partial charge in [0.25, 0.3) is 0 Å². The van der Waals surface area contributed by atoms with Gasteiger partial charge in [-0.3, -0.25) is 4.90 Å². The first-order valence-electron chi connectivity index (χ1n) is 6.64. The minimum Gasteiger partial charge on any atom is -0.300 e. The summed E-state index contributed by atoms with van der Waals surface area (Å²) in [5, 5.41) is 0. The van der Waals surface area contributed by atoms with Gasteiger partial charge in [-0.25, -0.2) is 0 Å². The molecule has 1 heteroatoms. The van der Waals surface area contributed by atoms with Gasteiger partial charge in [-0.05, 0) is 62.4 Å². The van der Waals surface area contributed by atoms with Crippen LogP contribution >= 0.6 is 0 Å². The Bertz CT molecular complexity index is 284. The van der Waals surface area contributed by atoms with Crippen molar-refractivity contribution in [3.63, 3.8) is 0 Å². The van der Waals surface area contributed by atoms with Crippen LogP contribution in [0.2, 0.25) is 0 Å². The second-order valence-electron chi connectivity index (χ2n) is 7.30. The van der Waals surface area contributed by atoms with Crippen LogP contribution in [0, 0.1) is 16.7 Å². The third-order valence-corrected chi connectivity index (χ3v) is 5.95. The lowest BCUT2D eigenvalue weighted by Crippen LogP contribution is -2.53. The molecule has 1 spiro atoms. The lowest BCUT2D eigenvalue weighted by atomic mass is 9.66. The van der Waals surface area contributed by atoms with Gasteiger partial charge in [0.2, 0.25) is 0 Å². The Labute approximate surface area is 94.2 Å². The molecule has 1 nitrogen and oxygen atoms in total. The highest BCUT2D eigenvalue weighted by Gasteiger charge is 2.68. The molecule has 15 heavy (non-hydrogen) atoms. The van der Waals surface area contributed by atoms with E-state index in [1.165, 1.54) is 38.6 Å². The molecular formula is C14H25N. The monoisotopic (exact) mass is 207 g/mol. The van der Waals surface area contributed by atoms with Gasteiger partial charge in [0, 0.05) is 5.54 Å². The van der Waals surface area contributed by atoms with Crippen LogP contribution in [0.4, 0.5) is 0 Å². The zero-order chi connectivity index (χ0) is 10.9. The SMILES string of the molecule is CN1CCC2C3(CC3)CCC21C(C)(C)C. The van der Waals surface area contributed by atoms with Crippen molar-refractivity contribution in [2.75, 3.05) is 13.6 Å². The summed E-state index contributed by atoms with van der Waals surface area (Å²) in [7, 11) is 2.37. The van der Waals surface area contributed by atoms with Crippen LogP contribution in [-0.4, -0.2) is 24.0 Å². The van der Waals surface area contributed by atoms with E-state index in [4.69, 9.17) is 0 Å². The van der Waals surface area contributed by atoms with Gasteiger partial charge in [-0.15, -0.1) is 0 Å². The van der Waals surface area contributed by atoms with Crippen molar-refractivity contribution in [2.45, 2.75) is 58.4 Å². The fraction of sp³-hybridized carbons (Fsp3) is 1.00. The lowest BCUT2D eigenvalue weighted by Gasteiger charge is -2.48. The van der Waals surface area contributed by atoms with E-state index in [-0.39, 0.29) is 0 Å². The van der Waals surface area contributed by atoms with E-state index in [0.29, 0.717) is 11.0 Å². The van der Waals surface area contributed by atoms with Crippen molar-refractivity contribution < 1.29 is 0 Å². The van der Waals surface area contributed by atoms with Gasteiger partial charge in [0.15, 0.2) is 0 Å². The summed E-state index contributed by atoms with van der Waals surface area (Å²) < 4.78 is 0. The largest absolute Gasteiger partial charge is 0.300 e. The Balaban J connectivity index is 2.03. The van der Waals surface area contributed by atoms with E-state index < -0.39 is 0 Å². The quantitative estimate of drug-likeness (QED) is 0.589. The predicted molar refractivity (Wildman–Crippen MR) is 63.8 cm³/mol. The number of likely N-dealkylation sites (tertiary alicyclic amines) is 1. The maximum Gasteiger partial charge on any atom is 0.0288 e. The van der Waals surface area contributed by atoms with Crippen LogP contribution in [0.5, 0.6) is 0 Å². The first kappa shape index (κ1) is 10.1. The fourth-order valence-electron chi connectivity index (χ4n) is 5.05. The highest BCUT2D eigenvalue weighted by Crippen LogP contribution is 2.71. The zero-order valence-electron chi connectivity index (χ0n) is 10.8. The molecule has 86 valence electrons. The summed E-state index contributed by atoms with van der Waals surface area (Å²) in [5.74, 6) is 1.01. The molecule has 2 unspecified atom stereocenters. The van der Waals surface area contributed by atoms with Crippen LogP contribution in [0.1, 0.15) is 52.9 Å². The number of hydrogen-bond acceptors (Lipinski definition) is 1. The predicted octanol–water partition coefficient (Wildman–Crippen LogP) is 3.30. The van der Waals surface area contributed by atoms with Crippen LogP contribution in [-0.2, 0) is 0 Å². The molecule has 0 aromatic rings. The van der Waals surface area contributed by atoms with E-state index in [0.717, 1.165) is 11.3 Å². The second-order valence-corrected chi connectivity index (χ2v) is 7.30. The van der Waals surface area contributed by atoms with E-state index in [1.54, 1.807) is 0 Å². The molecule has 0 aromatic carbocycles. The molecule has 0 radical (unpaired) electrons. The highest BCUT2D eigenvalue weighted by molar-refractivity contribution is 5.21. The van der Waals surface area contributed by atoms with Gasteiger partial charge in [0.05, 0.1) is 0 Å². The average Bonchev–Trinajstić information content (AvgIpc) is 2.68. The summed E-state index contributed by atoms with van der Waals surface area (Å²) in [6, 6.07) is 0. The van der Waals surface area contributed by atoms with E-state index in [2.05, 4.69) is 32.7 Å². The van der Waals surface area contributed by atoms with Gasteiger partial charge in [0.1, 0.15) is 0 Å². The normalized spacial score (nSPS) is 43.6. The zero-order valence-corrected chi connectivity index (χ0v) is 10.8. The summed E-state index contributed by atoms with van der Waals surface area (Å²) in [6.07, 6.45) is 7.50. The molecule has 1 heterocycles. The lowest BCUT2D eigenvalue weighted by molar-refractivity contribution is 0.0193. The van der Waals surface area contributed by atoms with E-state index >= 15 is 0 Å². The summed E-state index contributed by atoms with van der Waals surface area (Å²) in [6.45, 7) is 8.72. The smallest absolute Gasteiger partial charge is 0.0288 e. The van der Waals surface area contributed by atoms with Gasteiger partial charge < -0.3 is 0 Å². The van der Waals surface area contributed by atoms with Crippen molar-refractivity contribution in [2.24, 2.45) is 16.7 Å². The van der Waals surface area contributed by atoms with E-state index in [9.17, 15) is 0 Å². The molecule has 1 aliphatic heterocycles. The van der Waals surface area contributed by atoms with Gasteiger partial charge in [-0.2, -0.15) is 0 Å². The number of fused-ring (bicyclic) bond motifs is 2. The molecule has 3 fully saturated rings. The third-order valence-electron chi connectivity index (χ3n) is 5.95. The number of hydrogen-bond donors (Lipinski definition) is 0. The topological polar surface area (TPSA) is 3.24 Å². The Morgan fingerprint density at radius 3 is 2.20 bits per heavy atom. The third kappa shape index (κ3) is 1.03. The van der Waals surface area contributed by atoms with Gasteiger partial charge in [-0.1, -0.05) is 20.8 Å². The highest BCUT2D eigenvalue weighted by atomic mass is 15.2. The molecule has 1 saturated heterocycles. The van der Waals surface area contributed by atoms with Crippen LogP contribution in [0.3, 0.4) is 0 Å². The molecule has 0 amide bonds. The van der Waals surface area contributed by atoms with Gasteiger partial charge >= 0.3 is 0 Å². The average molecular weight is 207 g/mol. The molecule has 0 N–H and O–H groups in total. The Hall–Kier alpha value is -0.0400. The Kier molecular flexibility index (Phi) is 1.77. The first-order chi connectivity index (χ1) is 6.92. The first-order valence-corrected chi connectivity index (χ1v) is 6.64. The van der Waals surface area contributed by atoms with Crippen LogP contribution < -0.4 is 0 Å². The second kappa shape index (κ2) is 2.61. The van der Waals surface area contributed by atoms with Crippen molar-refractivity contribution >= 4 is 0 Å². The van der Waals surface area contributed by atoms with Crippen molar-refractivity contribution in [1.29, 1.82) is 0 Å². The minimum absolute atomic E-state index is 0.453. The van der Waals surface area contributed by atoms with Crippen molar-refractivity contribution in [1.82, 2.24) is 4.90 Å². The molecule has 2 atom stereocenters. The van der Waals surface area contributed by atoms with Crippen LogP contribution in [0.15, 0.2) is 0 Å². The standard InChI is InChI=1S/C14H25N/c1-12(2,3)14-9-8-13(6-7-13)11(14)5-10-15(14)4/h11H,5-10H2,1-4H3. The maximum atomic E-state index is 2.70. The molecule has 0 bridgehead atoms. The summed E-state index contributed by atoms with van der Waals surface area (Å²) in [5.41, 5.74) is 1.79. The molecule has 3 rings (SSSR count). The number of rotatable bonds is 0. The molecular weight excluding hydrogens is 182 g/mol. The number of nitrogens with zero attached hydrogens (tertiary/aromatic N) is 1. The van der Waals surface area contributed by atoms with Crippen LogP contribution in [0.25, 0.3) is 0 Å². The Morgan fingerprint density at radius 2 is 1.67 bits per heavy atom. The molecule has 0 aromatic heterocycles. The van der Waals surface area contributed by atoms with E-state index in [1.807, 2.05) is 0 Å². The Morgan fingerprint density at radius 1 is 1.07 bits per heavy atom. The van der Waals surface area contributed by atoms with Crippen molar-refractivity contribution in [3.05, 3.63) is 0 Å². The summed E-state index contributed by atoms with van der Waals surface area (Å²) in [4.78, 5) is 2.70. The van der Waals surface area contributed by atoms with Crippen molar-refractivity contribution in [3.8, 4) is 0 Å². The fourth-order valence-corrected chi connectivity index (χ4v) is 5.05. The molecule has 2 aliphatic carbocycles. The minimum atomic E-state index is 0.453. The molecule has 3 aliphatic rings.